The predicted molar refractivity (Wildman–Crippen MR) is 86.9 cm³/mol. The first-order valence-corrected chi connectivity index (χ1v) is 7.37. The fraction of sp³-hybridized carbons (Fsp3) is 0.188. The predicted octanol–water partition coefficient (Wildman–Crippen LogP) is 4.66. The molecule has 2 aromatic carbocycles. The Bertz CT molecular complexity index is 698. The average Bonchev–Trinajstić information content (AvgIpc) is 2.46. The highest BCUT2D eigenvalue weighted by molar-refractivity contribution is 9.10. The first-order chi connectivity index (χ1) is 9.97. The van der Waals surface area contributed by atoms with Crippen molar-refractivity contribution in [1.29, 1.82) is 0 Å². The third-order valence-electron chi connectivity index (χ3n) is 3.09. The summed E-state index contributed by atoms with van der Waals surface area (Å²) in [5.41, 5.74) is 1.93. The molecule has 0 heterocycles. The van der Waals surface area contributed by atoms with Crippen LogP contribution in [0.2, 0.25) is 5.02 Å². The molecule has 0 radical (unpaired) electrons. The minimum absolute atomic E-state index is 0.173. The van der Waals surface area contributed by atoms with E-state index >= 15 is 0 Å². The summed E-state index contributed by atoms with van der Waals surface area (Å²) in [7, 11) is 3.07. The van der Waals surface area contributed by atoms with Crippen molar-refractivity contribution in [3.05, 3.63) is 56.5 Å². The Morgan fingerprint density at radius 3 is 2.24 bits per heavy atom. The average molecular weight is 370 g/mol. The molecule has 0 atom stereocenters. The largest absolute Gasteiger partial charge is 0.493 e. The van der Waals surface area contributed by atoms with Gasteiger partial charge in [0.1, 0.15) is 0 Å². The van der Waals surface area contributed by atoms with Gasteiger partial charge in [-0.25, -0.2) is 0 Å². The molecule has 0 saturated carbocycles. The van der Waals surface area contributed by atoms with Gasteiger partial charge in [-0.2, -0.15) is 0 Å². The fourth-order valence-corrected chi connectivity index (χ4v) is 2.80. The summed E-state index contributed by atoms with van der Waals surface area (Å²) in [5.74, 6) is 0.871. The molecule has 0 fully saturated rings. The normalized spacial score (nSPS) is 10.3. The number of rotatable bonds is 4. The van der Waals surface area contributed by atoms with Gasteiger partial charge in [0, 0.05) is 15.6 Å². The van der Waals surface area contributed by atoms with E-state index in [1.807, 2.05) is 13.0 Å². The van der Waals surface area contributed by atoms with Gasteiger partial charge in [-0.15, -0.1) is 0 Å². The molecule has 5 heteroatoms. The van der Waals surface area contributed by atoms with E-state index in [1.54, 1.807) is 31.4 Å². The number of ether oxygens (including phenoxy) is 2. The van der Waals surface area contributed by atoms with E-state index in [9.17, 15) is 4.79 Å². The van der Waals surface area contributed by atoms with Gasteiger partial charge >= 0.3 is 0 Å². The number of hydrogen-bond acceptors (Lipinski definition) is 3. The number of ketones is 1. The van der Waals surface area contributed by atoms with Crippen LogP contribution in [0.25, 0.3) is 0 Å². The number of methoxy groups -OCH3 is 2. The van der Waals surface area contributed by atoms with E-state index in [0.29, 0.717) is 32.1 Å². The smallest absolute Gasteiger partial charge is 0.195 e. The third-order valence-corrected chi connectivity index (χ3v) is 4.06. The molecule has 3 nitrogen and oxygen atoms in total. The molecule has 0 aliphatic heterocycles. The maximum absolute atomic E-state index is 12.7. The number of halogens is 2. The minimum atomic E-state index is -0.173. The number of aryl methyl sites for hydroxylation is 1. The van der Waals surface area contributed by atoms with Crippen molar-refractivity contribution in [3.63, 3.8) is 0 Å². The lowest BCUT2D eigenvalue weighted by atomic mass is 10.0. The highest BCUT2D eigenvalue weighted by Gasteiger charge is 2.19. The van der Waals surface area contributed by atoms with Crippen molar-refractivity contribution in [3.8, 4) is 11.5 Å². The van der Waals surface area contributed by atoms with E-state index in [0.717, 1.165) is 5.56 Å². The monoisotopic (exact) mass is 368 g/mol. The van der Waals surface area contributed by atoms with Crippen LogP contribution >= 0.6 is 27.5 Å². The van der Waals surface area contributed by atoms with E-state index in [2.05, 4.69) is 15.9 Å². The van der Waals surface area contributed by atoms with Gasteiger partial charge in [-0.3, -0.25) is 4.79 Å². The fourth-order valence-electron chi connectivity index (χ4n) is 1.98. The van der Waals surface area contributed by atoms with Gasteiger partial charge < -0.3 is 9.47 Å². The van der Waals surface area contributed by atoms with Crippen LogP contribution in [-0.4, -0.2) is 20.0 Å². The molecule has 2 aromatic rings. The summed E-state index contributed by atoms with van der Waals surface area (Å²) in [6, 6.07) is 8.69. The second-order valence-corrected chi connectivity index (χ2v) is 5.76. The Labute approximate surface area is 137 Å². The Balaban J connectivity index is 2.53. The molecule has 110 valence electrons. The van der Waals surface area contributed by atoms with Gasteiger partial charge in [-0.1, -0.05) is 17.7 Å². The quantitative estimate of drug-likeness (QED) is 0.735. The van der Waals surface area contributed by atoms with Gasteiger partial charge in [0.25, 0.3) is 0 Å². The molecule has 0 aliphatic carbocycles. The van der Waals surface area contributed by atoms with Crippen LogP contribution in [-0.2, 0) is 0 Å². The summed E-state index contributed by atoms with van der Waals surface area (Å²) in [6.45, 7) is 1.92. The van der Waals surface area contributed by atoms with Crippen molar-refractivity contribution in [2.24, 2.45) is 0 Å². The van der Waals surface area contributed by atoms with Gasteiger partial charge in [0.2, 0.25) is 0 Å². The second kappa shape index (κ2) is 6.50. The van der Waals surface area contributed by atoms with E-state index in [4.69, 9.17) is 21.1 Å². The summed E-state index contributed by atoms with van der Waals surface area (Å²) in [5, 5.41) is 0.432. The van der Waals surface area contributed by atoms with Crippen LogP contribution in [0.1, 0.15) is 21.5 Å². The molecule has 0 spiro atoms. The Hall–Kier alpha value is -1.52. The van der Waals surface area contributed by atoms with Crippen molar-refractivity contribution < 1.29 is 14.3 Å². The molecule has 0 aromatic heterocycles. The SMILES string of the molecule is COc1cc(Br)c(C(=O)c2ccc(C)cc2Cl)cc1OC. The Morgan fingerprint density at radius 2 is 1.67 bits per heavy atom. The molecule has 0 N–H and O–H groups in total. The third kappa shape index (κ3) is 3.22. The molecule has 0 unspecified atom stereocenters. The lowest BCUT2D eigenvalue weighted by Crippen LogP contribution is -2.05. The maximum atomic E-state index is 12.7. The van der Waals surface area contributed by atoms with Crippen LogP contribution in [0, 0.1) is 6.92 Å². The second-order valence-electron chi connectivity index (χ2n) is 4.50. The van der Waals surface area contributed by atoms with Crippen molar-refractivity contribution in [1.82, 2.24) is 0 Å². The first kappa shape index (κ1) is 15.9. The van der Waals surface area contributed by atoms with E-state index < -0.39 is 0 Å². The van der Waals surface area contributed by atoms with Crippen LogP contribution in [0.3, 0.4) is 0 Å². The molecule has 0 saturated heterocycles. The van der Waals surface area contributed by atoms with Crippen molar-refractivity contribution >= 4 is 33.3 Å². The number of carbonyl (C=O) groups excluding carboxylic acids is 1. The zero-order chi connectivity index (χ0) is 15.6. The molecule has 0 bridgehead atoms. The Morgan fingerprint density at radius 1 is 1.05 bits per heavy atom. The topological polar surface area (TPSA) is 35.5 Å². The highest BCUT2D eigenvalue weighted by Crippen LogP contribution is 2.35. The van der Waals surface area contributed by atoms with Gasteiger partial charge in [0.15, 0.2) is 17.3 Å². The summed E-state index contributed by atoms with van der Waals surface area (Å²) in [4.78, 5) is 12.7. The molecule has 21 heavy (non-hydrogen) atoms. The van der Waals surface area contributed by atoms with Crippen LogP contribution in [0.4, 0.5) is 0 Å². The standard InChI is InChI=1S/C16H14BrClO3/c1-9-4-5-10(13(18)6-9)16(19)11-7-14(20-2)15(21-3)8-12(11)17/h4-8H,1-3H3. The number of hydrogen-bond donors (Lipinski definition) is 0. The number of carbonyl (C=O) groups is 1. The van der Waals surface area contributed by atoms with Gasteiger partial charge in [0.05, 0.1) is 19.2 Å². The zero-order valence-corrected chi connectivity index (χ0v) is 14.2. The molecule has 2 rings (SSSR count). The van der Waals surface area contributed by atoms with Gasteiger partial charge in [-0.05, 0) is 52.7 Å². The van der Waals surface area contributed by atoms with Crippen LogP contribution in [0.15, 0.2) is 34.8 Å². The first-order valence-electron chi connectivity index (χ1n) is 6.20. The maximum Gasteiger partial charge on any atom is 0.195 e. The molecule has 0 aliphatic rings. The molecule has 0 amide bonds. The number of benzene rings is 2. The van der Waals surface area contributed by atoms with E-state index in [-0.39, 0.29) is 5.78 Å². The van der Waals surface area contributed by atoms with Crippen LogP contribution < -0.4 is 9.47 Å². The Kier molecular flexibility index (Phi) is 4.91. The van der Waals surface area contributed by atoms with E-state index in [1.165, 1.54) is 7.11 Å². The van der Waals surface area contributed by atoms with Crippen molar-refractivity contribution in [2.75, 3.05) is 14.2 Å². The summed E-state index contributed by atoms with van der Waals surface area (Å²) in [6.07, 6.45) is 0. The van der Waals surface area contributed by atoms with Crippen LogP contribution in [0.5, 0.6) is 11.5 Å². The summed E-state index contributed by atoms with van der Waals surface area (Å²) >= 11 is 9.56. The zero-order valence-electron chi connectivity index (χ0n) is 11.9. The molecular weight excluding hydrogens is 356 g/mol. The highest BCUT2D eigenvalue weighted by atomic mass is 79.9. The minimum Gasteiger partial charge on any atom is -0.493 e. The lowest BCUT2D eigenvalue weighted by Gasteiger charge is -2.12. The summed E-state index contributed by atoms with van der Waals surface area (Å²) < 4.78 is 11.1. The lowest BCUT2D eigenvalue weighted by molar-refractivity contribution is 0.103. The van der Waals surface area contributed by atoms with Crippen molar-refractivity contribution in [2.45, 2.75) is 6.92 Å². The molecular formula is C16H14BrClO3.